The van der Waals surface area contributed by atoms with Crippen molar-refractivity contribution in [2.75, 3.05) is 6.61 Å². The Morgan fingerprint density at radius 3 is 3.00 bits per heavy atom. The Labute approximate surface area is 70.1 Å². The van der Waals surface area contributed by atoms with E-state index in [0.717, 1.165) is 0 Å². The molecule has 1 aliphatic carbocycles. The van der Waals surface area contributed by atoms with Crippen LogP contribution in [-0.4, -0.2) is 12.7 Å². The molecule has 1 saturated carbocycles. The van der Waals surface area contributed by atoms with Gasteiger partial charge in [-0.3, -0.25) is 0 Å². The monoisotopic (exact) mass is 154 g/mol. The SMILES string of the molecule is [CH2]COC1CC[CH]CCCC1. The lowest BCUT2D eigenvalue weighted by molar-refractivity contribution is 0.0564. The molecule has 1 rings (SSSR count). The predicted molar refractivity (Wildman–Crippen MR) is 47.1 cm³/mol. The van der Waals surface area contributed by atoms with Gasteiger partial charge in [-0.15, -0.1) is 0 Å². The summed E-state index contributed by atoms with van der Waals surface area (Å²) in [6, 6.07) is 0. The van der Waals surface area contributed by atoms with Gasteiger partial charge in [-0.25, -0.2) is 0 Å². The van der Waals surface area contributed by atoms with Crippen molar-refractivity contribution in [2.45, 2.75) is 44.6 Å². The first kappa shape index (κ1) is 9.05. The highest BCUT2D eigenvalue weighted by Gasteiger charge is 2.09. The smallest absolute Gasteiger partial charge is 0.0575 e. The van der Waals surface area contributed by atoms with E-state index in [4.69, 9.17) is 4.74 Å². The van der Waals surface area contributed by atoms with Gasteiger partial charge in [0.1, 0.15) is 0 Å². The van der Waals surface area contributed by atoms with Crippen LogP contribution >= 0.6 is 0 Å². The Hall–Kier alpha value is -0.0400. The molecule has 0 heterocycles. The van der Waals surface area contributed by atoms with Gasteiger partial charge >= 0.3 is 0 Å². The third-order valence-corrected chi connectivity index (χ3v) is 2.23. The van der Waals surface area contributed by atoms with Gasteiger partial charge in [-0.2, -0.15) is 0 Å². The predicted octanol–water partition coefficient (Wildman–Crippen LogP) is 2.76. The van der Waals surface area contributed by atoms with Crippen LogP contribution in [0.15, 0.2) is 0 Å². The van der Waals surface area contributed by atoms with Crippen molar-refractivity contribution >= 4 is 0 Å². The van der Waals surface area contributed by atoms with Crippen LogP contribution < -0.4 is 0 Å². The summed E-state index contributed by atoms with van der Waals surface area (Å²) in [4.78, 5) is 0. The zero-order valence-corrected chi connectivity index (χ0v) is 7.22. The highest BCUT2D eigenvalue weighted by atomic mass is 16.5. The summed E-state index contributed by atoms with van der Waals surface area (Å²) in [6.45, 7) is 4.33. The van der Waals surface area contributed by atoms with Gasteiger partial charge in [0.25, 0.3) is 0 Å². The molecule has 0 spiro atoms. The summed E-state index contributed by atoms with van der Waals surface area (Å²) in [5.41, 5.74) is 0. The molecule has 0 amide bonds. The van der Waals surface area contributed by atoms with Crippen molar-refractivity contribution in [2.24, 2.45) is 0 Å². The minimum atomic E-state index is 0.490. The van der Waals surface area contributed by atoms with E-state index in [1.807, 2.05) is 0 Å². The molecule has 0 saturated heterocycles. The van der Waals surface area contributed by atoms with Gasteiger partial charge in [0.2, 0.25) is 0 Å². The number of hydrogen-bond donors (Lipinski definition) is 0. The molecule has 1 unspecified atom stereocenters. The second-order valence-corrected chi connectivity index (χ2v) is 3.14. The quantitative estimate of drug-likeness (QED) is 0.594. The van der Waals surface area contributed by atoms with Crippen LogP contribution in [0.4, 0.5) is 0 Å². The van der Waals surface area contributed by atoms with E-state index in [-0.39, 0.29) is 0 Å². The maximum absolute atomic E-state index is 5.49. The topological polar surface area (TPSA) is 9.23 Å². The first-order chi connectivity index (χ1) is 5.43. The Balaban J connectivity index is 2.15. The van der Waals surface area contributed by atoms with Crippen molar-refractivity contribution < 1.29 is 4.74 Å². The van der Waals surface area contributed by atoms with E-state index in [1.165, 1.54) is 38.5 Å². The summed E-state index contributed by atoms with van der Waals surface area (Å²) in [5.74, 6) is 0. The fourth-order valence-electron chi connectivity index (χ4n) is 1.59. The molecular formula is C10H18O. The van der Waals surface area contributed by atoms with Gasteiger partial charge in [0, 0.05) is 6.61 Å². The van der Waals surface area contributed by atoms with Crippen LogP contribution in [0.5, 0.6) is 0 Å². The van der Waals surface area contributed by atoms with Gasteiger partial charge in [-0.1, -0.05) is 19.3 Å². The van der Waals surface area contributed by atoms with Crippen molar-refractivity contribution in [3.63, 3.8) is 0 Å². The van der Waals surface area contributed by atoms with Gasteiger partial charge in [0.15, 0.2) is 0 Å². The minimum absolute atomic E-state index is 0.490. The molecule has 1 fully saturated rings. The van der Waals surface area contributed by atoms with E-state index in [2.05, 4.69) is 13.3 Å². The molecule has 1 aliphatic rings. The summed E-state index contributed by atoms with van der Waals surface area (Å²) in [5, 5.41) is 0. The zero-order valence-electron chi connectivity index (χ0n) is 7.22. The van der Waals surface area contributed by atoms with Crippen LogP contribution in [-0.2, 0) is 4.74 Å². The second kappa shape index (κ2) is 5.59. The molecule has 0 aliphatic heterocycles. The molecule has 0 N–H and O–H groups in total. The van der Waals surface area contributed by atoms with Crippen LogP contribution in [0.2, 0.25) is 0 Å². The first-order valence-electron chi connectivity index (χ1n) is 4.66. The molecule has 0 aromatic rings. The third kappa shape index (κ3) is 3.76. The van der Waals surface area contributed by atoms with E-state index >= 15 is 0 Å². The Morgan fingerprint density at radius 2 is 2.18 bits per heavy atom. The summed E-state index contributed by atoms with van der Waals surface area (Å²) < 4.78 is 5.49. The lowest BCUT2D eigenvalue weighted by Gasteiger charge is -2.18. The standard InChI is InChI=1S/C10H18O/c1-2-11-10-8-6-4-3-5-7-9-10/h4,10H,1-3,5-9H2. The Bertz CT molecular complexity index is 82.9. The van der Waals surface area contributed by atoms with E-state index in [0.29, 0.717) is 12.7 Å². The van der Waals surface area contributed by atoms with Gasteiger partial charge in [-0.05, 0) is 32.6 Å². The minimum Gasteiger partial charge on any atom is -0.378 e. The summed E-state index contributed by atoms with van der Waals surface area (Å²) >= 11 is 0. The molecule has 1 nitrogen and oxygen atoms in total. The third-order valence-electron chi connectivity index (χ3n) is 2.23. The van der Waals surface area contributed by atoms with Crippen molar-refractivity contribution in [3.05, 3.63) is 13.3 Å². The maximum Gasteiger partial charge on any atom is 0.0575 e. The number of ether oxygens (including phenoxy) is 1. The molecular weight excluding hydrogens is 136 g/mol. The average Bonchev–Trinajstić information content (AvgIpc) is 1.94. The van der Waals surface area contributed by atoms with Gasteiger partial charge < -0.3 is 4.74 Å². The molecule has 1 atom stereocenters. The van der Waals surface area contributed by atoms with Crippen LogP contribution in [0.3, 0.4) is 0 Å². The number of hydrogen-bond acceptors (Lipinski definition) is 1. The molecule has 1 heteroatoms. The highest BCUT2D eigenvalue weighted by molar-refractivity contribution is 4.72. The van der Waals surface area contributed by atoms with Crippen molar-refractivity contribution in [3.8, 4) is 0 Å². The summed E-state index contributed by atoms with van der Waals surface area (Å²) in [7, 11) is 0. The summed E-state index contributed by atoms with van der Waals surface area (Å²) in [6.07, 6.45) is 10.5. The maximum atomic E-state index is 5.49. The van der Waals surface area contributed by atoms with Gasteiger partial charge in [0.05, 0.1) is 6.10 Å². The fourth-order valence-corrected chi connectivity index (χ4v) is 1.59. The molecule has 0 bridgehead atoms. The fraction of sp³-hybridized carbons (Fsp3) is 0.800. The largest absolute Gasteiger partial charge is 0.378 e. The Kier molecular flexibility index (Phi) is 4.60. The first-order valence-corrected chi connectivity index (χ1v) is 4.66. The molecule has 0 aromatic heterocycles. The van der Waals surface area contributed by atoms with E-state index in [9.17, 15) is 0 Å². The molecule has 0 aromatic carbocycles. The molecule has 2 radical (unpaired) electrons. The van der Waals surface area contributed by atoms with Crippen LogP contribution in [0.25, 0.3) is 0 Å². The van der Waals surface area contributed by atoms with Crippen molar-refractivity contribution in [1.29, 1.82) is 0 Å². The second-order valence-electron chi connectivity index (χ2n) is 3.14. The zero-order chi connectivity index (χ0) is 7.94. The van der Waals surface area contributed by atoms with Crippen molar-refractivity contribution in [1.82, 2.24) is 0 Å². The van der Waals surface area contributed by atoms with E-state index < -0.39 is 0 Å². The highest BCUT2D eigenvalue weighted by Crippen LogP contribution is 2.18. The van der Waals surface area contributed by atoms with Crippen LogP contribution in [0, 0.1) is 13.3 Å². The number of rotatable bonds is 2. The normalized spacial score (nSPS) is 22.6. The lowest BCUT2D eigenvalue weighted by Crippen LogP contribution is -2.14. The van der Waals surface area contributed by atoms with E-state index in [1.54, 1.807) is 0 Å². The Morgan fingerprint density at radius 1 is 1.27 bits per heavy atom. The van der Waals surface area contributed by atoms with Crippen LogP contribution in [0.1, 0.15) is 38.5 Å². The lowest BCUT2D eigenvalue weighted by atomic mass is 9.99. The average molecular weight is 154 g/mol. The molecule has 64 valence electrons. The molecule has 11 heavy (non-hydrogen) atoms.